The van der Waals surface area contributed by atoms with Crippen LogP contribution in [0, 0.1) is 5.82 Å². The van der Waals surface area contributed by atoms with Crippen molar-refractivity contribution in [3.8, 4) is 0 Å². The molecule has 170 valence electrons. The van der Waals surface area contributed by atoms with Gasteiger partial charge >= 0.3 is 0 Å². The van der Waals surface area contributed by atoms with E-state index in [1.54, 1.807) is 0 Å². The molecule has 2 N–H and O–H groups in total. The minimum atomic E-state index is -0.214. The van der Waals surface area contributed by atoms with Crippen molar-refractivity contribution in [3.05, 3.63) is 53.2 Å². The lowest BCUT2D eigenvalue weighted by molar-refractivity contribution is 0.0513. The van der Waals surface area contributed by atoms with Gasteiger partial charge in [-0.15, -0.1) is 0 Å². The summed E-state index contributed by atoms with van der Waals surface area (Å²) in [6.45, 7) is 9.66. The van der Waals surface area contributed by atoms with Gasteiger partial charge in [0.1, 0.15) is 12.4 Å². The summed E-state index contributed by atoms with van der Waals surface area (Å²) in [6, 6.07) is 8.87. The topological polar surface area (TPSA) is 71.7 Å². The molecule has 7 heteroatoms. The highest BCUT2D eigenvalue weighted by molar-refractivity contribution is 5.79. The second-order valence-electron chi connectivity index (χ2n) is 8.18. The lowest BCUT2D eigenvalue weighted by Crippen LogP contribution is -2.48. The monoisotopic (exact) mass is 430 g/mol. The minimum absolute atomic E-state index is 0.114. The highest BCUT2D eigenvalue weighted by Gasteiger charge is 2.34. The third kappa shape index (κ3) is 6.06. The first-order chi connectivity index (χ1) is 15.1. The molecule has 0 amide bonds. The number of hydrogen-bond acceptors (Lipinski definition) is 4. The Balaban J connectivity index is 1.70. The molecule has 1 aromatic carbocycles. The van der Waals surface area contributed by atoms with Crippen LogP contribution in [0.15, 0.2) is 39.8 Å². The first-order valence-electron chi connectivity index (χ1n) is 11.4. The Hall–Kier alpha value is -2.41. The molecular formula is C24H35FN4O2. The predicted molar refractivity (Wildman–Crippen MR) is 121 cm³/mol. The molecule has 0 bridgehead atoms. The first kappa shape index (κ1) is 23.3. The van der Waals surface area contributed by atoms with Crippen molar-refractivity contribution < 1.29 is 13.7 Å². The average Bonchev–Trinajstić information content (AvgIpc) is 3.26. The first-order valence-corrected chi connectivity index (χ1v) is 11.4. The molecule has 31 heavy (non-hydrogen) atoms. The van der Waals surface area contributed by atoms with Gasteiger partial charge < -0.3 is 19.9 Å². The highest BCUT2D eigenvalue weighted by atomic mass is 19.1. The van der Waals surface area contributed by atoms with Crippen molar-refractivity contribution in [2.24, 2.45) is 4.99 Å². The summed E-state index contributed by atoms with van der Waals surface area (Å²) in [4.78, 5) is 4.70. The standard InChI is InChI=1S/C24H35FN4O2/c1-4-18(5-2)22-15-21(31-29-22)16-27-23(26-6-3)28-17-24(11-13-30-14-12-24)19-7-9-20(25)10-8-19/h7-10,15,18H,4-6,11-14,16-17H2,1-3H3,(H2,26,27,28). The van der Waals surface area contributed by atoms with Crippen molar-refractivity contribution in [3.63, 3.8) is 0 Å². The molecule has 6 nitrogen and oxygen atoms in total. The van der Waals surface area contributed by atoms with E-state index >= 15 is 0 Å². The van der Waals surface area contributed by atoms with Crippen LogP contribution in [0.1, 0.15) is 69.4 Å². The molecule has 0 aliphatic carbocycles. The van der Waals surface area contributed by atoms with E-state index in [2.05, 4.69) is 29.6 Å². The van der Waals surface area contributed by atoms with Crippen LogP contribution in [0.4, 0.5) is 4.39 Å². The Morgan fingerprint density at radius 2 is 1.84 bits per heavy atom. The molecule has 1 fully saturated rings. The smallest absolute Gasteiger partial charge is 0.191 e. The Morgan fingerprint density at radius 1 is 1.13 bits per heavy atom. The van der Waals surface area contributed by atoms with E-state index in [9.17, 15) is 4.39 Å². The zero-order valence-electron chi connectivity index (χ0n) is 18.9. The van der Waals surface area contributed by atoms with E-state index in [0.717, 1.165) is 55.2 Å². The van der Waals surface area contributed by atoms with Crippen LogP contribution >= 0.6 is 0 Å². The van der Waals surface area contributed by atoms with Crippen LogP contribution in [0.25, 0.3) is 0 Å². The summed E-state index contributed by atoms with van der Waals surface area (Å²) in [5.74, 6) is 1.71. The van der Waals surface area contributed by atoms with E-state index in [1.165, 1.54) is 12.1 Å². The summed E-state index contributed by atoms with van der Waals surface area (Å²) in [5.41, 5.74) is 2.02. The zero-order chi connectivity index (χ0) is 22.1. The van der Waals surface area contributed by atoms with Crippen LogP contribution in [-0.2, 0) is 16.7 Å². The quantitative estimate of drug-likeness (QED) is 0.452. The summed E-state index contributed by atoms with van der Waals surface area (Å²) in [5, 5.41) is 11.0. The van der Waals surface area contributed by atoms with Gasteiger partial charge in [0.15, 0.2) is 11.7 Å². The molecule has 0 unspecified atom stereocenters. The summed E-state index contributed by atoms with van der Waals surface area (Å²) in [7, 11) is 0. The van der Waals surface area contributed by atoms with E-state index in [0.29, 0.717) is 32.2 Å². The van der Waals surface area contributed by atoms with E-state index in [1.807, 2.05) is 25.1 Å². The number of guanidine groups is 1. The Morgan fingerprint density at radius 3 is 2.48 bits per heavy atom. The lowest BCUT2D eigenvalue weighted by Gasteiger charge is -2.38. The number of rotatable bonds is 9. The largest absolute Gasteiger partial charge is 0.381 e. The third-order valence-electron chi connectivity index (χ3n) is 6.22. The molecule has 2 heterocycles. The van der Waals surface area contributed by atoms with E-state index in [-0.39, 0.29) is 11.2 Å². The summed E-state index contributed by atoms with van der Waals surface area (Å²) < 4.78 is 24.6. The molecule has 0 saturated carbocycles. The highest BCUT2D eigenvalue weighted by Crippen LogP contribution is 2.34. The average molecular weight is 431 g/mol. The summed E-state index contributed by atoms with van der Waals surface area (Å²) >= 11 is 0. The Kier molecular flexibility index (Phi) is 8.46. The molecule has 0 radical (unpaired) electrons. The molecule has 0 atom stereocenters. The second-order valence-corrected chi connectivity index (χ2v) is 8.18. The van der Waals surface area contributed by atoms with E-state index in [4.69, 9.17) is 14.3 Å². The number of nitrogens with zero attached hydrogens (tertiary/aromatic N) is 2. The lowest BCUT2D eigenvalue weighted by atomic mass is 9.74. The van der Waals surface area contributed by atoms with Crippen molar-refractivity contribution in [2.45, 2.75) is 64.3 Å². The second kappa shape index (κ2) is 11.3. The van der Waals surface area contributed by atoms with Crippen molar-refractivity contribution in [2.75, 3.05) is 26.3 Å². The number of halogens is 1. The van der Waals surface area contributed by atoms with Gasteiger partial charge in [-0.25, -0.2) is 9.38 Å². The Bertz CT molecular complexity index is 824. The molecule has 0 spiro atoms. The molecule has 3 rings (SSSR count). The third-order valence-corrected chi connectivity index (χ3v) is 6.22. The van der Waals surface area contributed by atoms with Gasteiger partial charge in [0.05, 0.1) is 5.69 Å². The number of ether oxygens (including phenoxy) is 1. The van der Waals surface area contributed by atoms with E-state index < -0.39 is 0 Å². The number of nitrogens with one attached hydrogen (secondary N) is 2. The fourth-order valence-corrected chi connectivity index (χ4v) is 4.19. The molecular weight excluding hydrogens is 395 g/mol. The maximum atomic E-state index is 13.5. The molecule has 2 aromatic rings. The molecule has 1 aliphatic rings. The number of aromatic nitrogens is 1. The number of aliphatic imine (C=N–C) groups is 1. The normalized spacial score (nSPS) is 16.5. The van der Waals surface area contributed by atoms with Gasteiger partial charge in [0, 0.05) is 43.7 Å². The number of hydrogen-bond donors (Lipinski definition) is 2. The molecule has 1 aromatic heterocycles. The predicted octanol–water partition coefficient (Wildman–Crippen LogP) is 4.52. The van der Waals surface area contributed by atoms with Gasteiger partial charge in [0.25, 0.3) is 0 Å². The van der Waals surface area contributed by atoms with Crippen LogP contribution in [0.5, 0.6) is 0 Å². The fraction of sp³-hybridized carbons (Fsp3) is 0.583. The molecule has 1 saturated heterocycles. The maximum absolute atomic E-state index is 13.5. The van der Waals surface area contributed by atoms with Gasteiger partial charge in [-0.1, -0.05) is 31.1 Å². The maximum Gasteiger partial charge on any atom is 0.191 e. The number of benzene rings is 1. The van der Waals surface area contributed by atoms with Crippen LogP contribution in [0.2, 0.25) is 0 Å². The van der Waals surface area contributed by atoms with Crippen molar-refractivity contribution in [1.82, 2.24) is 15.8 Å². The zero-order valence-corrected chi connectivity index (χ0v) is 18.9. The van der Waals surface area contributed by atoms with Gasteiger partial charge in [-0.05, 0) is 50.3 Å². The van der Waals surface area contributed by atoms with Crippen LogP contribution < -0.4 is 10.6 Å². The van der Waals surface area contributed by atoms with Crippen LogP contribution in [0.3, 0.4) is 0 Å². The van der Waals surface area contributed by atoms with Gasteiger partial charge in [-0.2, -0.15) is 0 Å². The van der Waals surface area contributed by atoms with Gasteiger partial charge in [-0.3, -0.25) is 0 Å². The van der Waals surface area contributed by atoms with Crippen molar-refractivity contribution in [1.29, 1.82) is 0 Å². The minimum Gasteiger partial charge on any atom is -0.381 e. The molecule has 1 aliphatic heterocycles. The van der Waals surface area contributed by atoms with Crippen LogP contribution in [-0.4, -0.2) is 37.4 Å². The SMILES string of the molecule is CCNC(=NCc1cc(C(CC)CC)no1)NCC1(c2ccc(F)cc2)CCOCC1. The fourth-order valence-electron chi connectivity index (χ4n) is 4.19. The summed E-state index contributed by atoms with van der Waals surface area (Å²) in [6.07, 6.45) is 3.86. The Labute approximate surface area is 184 Å². The van der Waals surface area contributed by atoms with Crippen molar-refractivity contribution >= 4 is 5.96 Å². The van der Waals surface area contributed by atoms with Gasteiger partial charge in [0.2, 0.25) is 0 Å².